The van der Waals surface area contributed by atoms with Crippen LogP contribution in [-0.4, -0.2) is 18.8 Å². The van der Waals surface area contributed by atoms with E-state index in [4.69, 9.17) is 10.6 Å². The van der Waals surface area contributed by atoms with E-state index in [0.29, 0.717) is 12.0 Å². The van der Waals surface area contributed by atoms with Crippen molar-refractivity contribution in [3.8, 4) is 0 Å². The smallest absolute Gasteiger partial charge is 0.0716 e. The first kappa shape index (κ1) is 13.9. The molecule has 1 aliphatic rings. The molecule has 0 aromatic heterocycles. The van der Waals surface area contributed by atoms with Gasteiger partial charge in [-0.15, -0.1) is 0 Å². The fraction of sp³-hybridized carbons (Fsp3) is 1.00. The fourth-order valence-corrected chi connectivity index (χ4v) is 3.19. The van der Waals surface area contributed by atoms with Crippen LogP contribution in [0.5, 0.6) is 0 Å². The molecule has 4 unspecified atom stereocenters. The van der Waals surface area contributed by atoms with E-state index in [2.05, 4.69) is 19.3 Å². The van der Waals surface area contributed by atoms with Gasteiger partial charge in [0, 0.05) is 6.61 Å². The summed E-state index contributed by atoms with van der Waals surface area (Å²) in [6.45, 7) is 7.24. The molecule has 0 radical (unpaired) electrons. The zero-order valence-corrected chi connectivity index (χ0v) is 11.0. The second-order valence-corrected chi connectivity index (χ2v) is 4.97. The molecule has 0 bridgehead atoms. The van der Waals surface area contributed by atoms with Gasteiger partial charge in [-0.25, -0.2) is 0 Å². The summed E-state index contributed by atoms with van der Waals surface area (Å²) in [4.78, 5) is 0. The summed E-state index contributed by atoms with van der Waals surface area (Å²) in [7, 11) is 0. The molecule has 0 spiro atoms. The van der Waals surface area contributed by atoms with Crippen LogP contribution in [0.3, 0.4) is 0 Å². The lowest BCUT2D eigenvalue weighted by molar-refractivity contribution is 0.0102. The molecule has 3 nitrogen and oxygen atoms in total. The highest BCUT2D eigenvalue weighted by atomic mass is 16.5. The van der Waals surface area contributed by atoms with Gasteiger partial charge in [0.1, 0.15) is 0 Å². The lowest BCUT2D eigenvalue weighted by Gasteiger charge is -2.39. The summed E-state index contributed by atoms with van der Waals surface area (Å²) >= 11 is 0. The van der Waals surface area contributed by atoms with Gasteiger partial charge in [-0.3, -0.25) is 11.3 Å². The minimum atomic E-state index is 0.215. The number of nitrogens with one attached hydrogen (secondary N) is 1. The summed E-state index contributed by atoms with van der Waals surface area (Å²) < 4.78 is 5.70. The fourth-order valence-electron chi connectivity index (χ4n) is 3.19. The van der Waals surface area contributed by atoms with Crippen molar-refractivity contribution in [1.29, 1.82) is 0 Å². The van der Waals surface area contributed by atoms with Crippen molar-refractivity contribution in [2.45, 2.75) is 65.0 Å². The monoisotopic (exact) mass is 228 g/mol. The van der Waals surface area contributed by atoms with Crippen LogP contribution in [0.2, 0.25) is 0 Å². The Hall–Kier alpha value is -0.120. The standard InChI is InChI=1S/C13H28N2O/c1-4-11-8-6-7-9-12(11)13(15-14)10(3)16-5-2/h10-13,15H,4-9,14H2,1-3H3. The van der Waals surface area contributed by atoms with Crippen molar-refractivity contribution in [1.82, 2.24) is 5.43 Å². The average Bonchev–Trinajstić information content (AvgIpc) is 2.31. The molecule has 0 heterocycles. The van der Waals surface area contributed by atoms with Crippen molar-refractivity contribution in [2.24, 2.45) is 17.7 Å². The highest BCUT2D eigenvalue weighted by molar-refractivity contribution is 4.87. The largest absolute Gasteiger partial charge is 0.377 e. The highest BCUT2D eigenvalue weighted by Gasteiger charge is 2.33. The summed E-state index contributed by atoms with van der Waals surface area (Å²) in [5.41, 5.74) is 3.00. The molecule has 3 N–H and O–H groups in total. The quantitative estimate of drug-likeness (QED) is 0.542. The normalized spacial score (nSPS) is 30.0. The van der Waals surface area contributed by atoms with E-state index in [0.717, 1.165) is 12.5 Å². The van der Waals surface area contributed by atoms with E-state index in [1.165, 1.54) is 32.1 Å². The van der Waals surface area contributed by atoms with Crippen molar-refractivity contribution in [3.05, 3.63) is 0 Å². The SMILES string of the molecule is CCOC(C)C(NN)C1CCCCC1CC. The highest BCUT2D eigenvalue weighted by Crippen LogP contribution is 2.35. The Bertz CT molecular complexity index is 187. The molecular formula is C13H28N2O. The summed E-state index contributed by atoms with van der Waals surface area (Å²) in [6, 6.07) is 0.310. The maximum atomic E-state index is 5.72. The Balaban J connectivity index is 2.61. The second-order valence-electron chi connectivity index (χ2n) is 4.97. The summed E-state index contributed by atoms with van der Waals surface area (Å²) in [6.07, 6.45) is 6.87. The molecule has 1 aliphatic carbocycles. The molecule has 4 atom stereocenters. The van der Waals surface area contributed by atoms with E-state index in [9.17, 15) is 0 Å². The molecule has 3 heteroatoms. The summed E-state index contributed by atoms with van der Waals surface area (Å²) in [5.74, 6) is 7.22. The van der Waals surface area contributed by atoms with E-state index in [1.54, 1.807) is 0 Å². The lowest BCUT2D eigenvalue weighted by atomic mass is 9.73. The molecule has 0 amide bonds. The third kappa shape index (κ3) is 3.44. The average molecular weight is 228 g/mol. The molecule has 0 aromatic rings. The van der Waals surface area contributed by atoms with Crippen molar-refractivity contribution in [3.63, 3.8) is 0 Å². The van der Waals surface area contributed by atoms with Crippen LogP contribution in [0.4, 0.5) is 0 Å². The topological polar surface area (TPSA) is 47.3 Å². The van der Waals surface area contributed by atoms with Crippen LogP contribution in [0.1, 0.15) is 52.9 Å². The van der Waals surface area contributed by atoms with E-state index in [1.807, 2.05) is 6.92 Å². The van der Waals surface area contributed by atoms with Crippen LogP contribution in [0.25, 0.3) is 0 Å². The van der Waals surface area contributed by atoms with E-state index < -0.39 is 0 Å². The van der Waals surface area contributed by atoms with Gasteiger partial charge in [0.15, 0.2) is 0 Å². The van der Waals surface area contributed by atoms with Gasteiger partial charge >= 0.3 is 0 Å². The number of hydrogen-bond donors (Lipinski definition) is 2. The minimum absolute atomic E-state index is 0.215. The van der Waals surface area contributed by atoms with Crippen molar-refractivity contribution >= 4 is 0 Å². The lowest BCUT2D eigenvalue weighted by Crippen LogP contribution is -2.51. The number of ether oxygens (including phenoxy) is 1. The number of hydrazine groups is 1. The first-order chi connectivity index (χ1) is 7.74. The third-order valence-corrected chi connectivity index (χ3v) is 4.08. The van der Waals surface area contributed by atoms with Gasteiger partial charge in [-0.05, 0) is 32.1 Å². The first-order valence-electron chi connectivity index (χ1n) is 6.82. The van der Waals surface area contributed by atoms with Gasteiger partial charge in [0.2, 0.25) is 0 Å². The summed E-state index contributed by atoms with van der Waals surface area (Å²) in [5, 5.41) is 0. The number of hydrogen-bond acceptors (Lipinski definition) is 3. The van der Waals surface area contributed by atoms with Crippen LogP contribution in [-0.2, 0) is 4.74 Å². The number of rotatable bonds is 6. The predicted molar refractivity (Wildman–Crippen MR) is 67.9 cm³/mol. The molecule has 1 fully saturated rings. The first-order valence-corrected chi connectivity index (χ1v) is 6.82. The molecule has 0 saturated heterocycles. The van der Waals surface area contributed by atoms with Gasteiger partial charge in [-0.2, -0.15) is 0 Å². The van der Waals surface area contributed by atoms with E-state index in [-0.39, 0.29) is 6.10 Å². The second kappa shape index (κ2) is 7.25. The zero-order chi connectivity index (χ0) is 12.0. The predicted octanol–water partition coefficient (Wildman–Crippen LogP) is 2.46. The van der Waals surface area contributed by atoms with Crippen LogP contribution in [0.15, 0.2) is 0 Å². The van der Waals surface area contributed by atoms with Crippen LogP contribution in [0, 0.1) is 11.8 Å². The van der Waals surface area contributed by atoms with Gasteiger partial charge in [0.05, 0.1) is 12.1 Å². The maximum Gasteiger partial charge on any atom is 0.0716 e. The molecule has 0 aliphatic heterocycles. The minimum Gasteiger partial charge on any atom is -0.377 e. The van der Waals surface area contributed by atoms with Crippen LogP contribution >= 0.6 is 0 Å². The van der Waals surface area contributed by atoms with E-state index >= 15 is 0 Å². The molecule has 1 rings (SSSR count). The molecule has 16 heavy (non-hydrogen) atoms. The third-order valence-electron chi connectivity index (χ3n) is 4.08. The maximum absolute atomic E-state index is 5.72. The molecular weight excluding hydrogens is 200 g/mol. The van der Waals surface area contributed by atoms with Crippen molar-refractivity contribution in [2.75, 3.05) is 6.61 Å². The Morgan fingerprint density at radius 3 is 2.56 bits per heavy atom. The zero-order valence-electron chi connectivity index (χ0n) is 11.0. The Kier molecular flexibility index (Phi) is 6.32. The molecule has 1 saturated carbocycles. The Morgan fingerprint density at radius 2 is 2.00 bits per heavy atom. The van der Waals surface area contributed by atoms with Gasteiger partial charge in [-0.1, -0.05) is 32.6 Å². The Labute approximate surface area is 100 Å². The molecule has 0 aromatic carbocycles. The Morgan fingerprint density at radius 1 is 1.31 bits per heavy atom. The van der Waals surface area contributed by atoms with Gasteiger partial charge in [0.25, 0.3) is 0 Å². The molecule has 96 valence electrons. The van der Waals surface area contributed by atoms with Gasteiger partial charge < -0.3 is 4.74 Å². The number of nitrogens with two attached hydrogens (primary N) is 1. The van der Waals surface area contributed by atoms with Crippen LogP contribution < -0.4 is 11.3 Å². The van der Waals surface area contributed by atoms with Crippen molar-refractivity contribution < 1.29 is 4.74 Å².